The summed E-state index contributed by atoms with van der Waals surface area (Å²) in [6.07, 6.45) is 0.797. The highest BCUT2D eigenvalue weighted by Gasteiger charge is 2.27. The van der Waals surface area contributed by atoms with E-state index in [1.807, 2.05) is 17.5 Å². The average Bonchev–Trinajstić information content (AvgIpc) is 2.83. The summed E-state index contributed by atoms with van der Waals surface area (Å²) in [5.41, 5.74) is 5.94. The highest BCUT2D eigenvalue weighted by Crippen LogP contribution is 2.19. The predicted molar refractivity (Wildman–Crippen MR) is 70.1 cm³/mol. The van der Waals surface area contributed by atoms with Crippen molar-refractivity contribution in [1.29, 1.82) is 0 Å². The van der Waals surface area contributed by atoms with Gasteiger partial charge in [-0.2, -0.15) is 0 Å². The van der Waals surface area contributed by atoms with Crippen molar-refractivity contribution in [3.63, 3.8) is 0 Å². The Morgan fingerprint density at radius 3 is 2.94 bits per heavy atom. The minimum atomic E-state index is -0.652. The van der Waals surface area contributed by atoms with Gasteiger partial charge in [0.15, 0.2) is 0 Å². The van der Waals surface area contributed by atoms with E-state index in [1.165, 1.54) is 11.3 Å². The molecule has 2 amide bonds. The number of carbonyl (C=O) groups excluding carboxylic acids is 2. The van der Waals surface area contributed by atoms with Gasteiger partial charge >= 0.3 is 0 Å². The molecule has 0 spiro atoms. The van der Waals surface area contributed by atoms with Crippen LogP contribution in [0.3, 0.4) is 0 Å². The quantitative estimate of drug-likeness (QED) is 0.845. The Balaban J connectivity index is 2.06. The van der Waals surface area contributed by atoms with Gasteiger partial charge < -0.3 is 15.5 Å². The Morgan fingerprint density at radius 2 is 2.28 bits per heavy atom. The van der Waals surface area contributed by atoms with Crippen LogP contribution in [-0.4, -0.2) is 48.3 Å². The van der Waals surface area contributed by atoms with Crippen molar-refractivity contribution >= 4 is 23.2 Å². The molecule has 1 unspecified atom stereocenters. The number of amides is 2. The van der Waals surface area contributed by atoms with Gasteiger partial charge in [-0.1, -0.05) is 6.07 Å². The molecule has 1 aliphatic heterocycles. The Kier molecular flexibility index (Phi) is 3.98. The molecule has 1 aromatic rings. The van der Waals surface area contributed by atoms with Crippen LogP contribution in [0.5, 0.6) is 0 Å². The number of nitrogens with two attached hydrogens (primary N) is 1. The minimum Gasteiger partial charge on any atom is -0.344 e. The molecule has 2 rings (SSSR count). The lowest BCUT2D eigenvalue weighted by molar-refractivity contribution is -0.138. The van der Waals surface area contributed by atoms with E-state index in [9.17, 15) is 9.59 Å². The smallest absolute Gasteiger partial charge is 0.245 e. The molecule has 1 saturated heterocycles. The minimum absolute atomic E-state index is 0.0285. The number of likely N-dealkylation sites (N-methyl/N-ethyl adjacent to an activating group) is 1. The molecule has 1 fully saturated rings. The maximum Gasteiger partial charge on any atom is 0.245 e. The molecule has 2 N–H and O–H groups in total. The second-order valence-corrected chi connectivity index (χ2v) is 5.40. The summed E-state index contributed by atoms with van der Waals surface area (Å²) >= 11 is 1.46. The van der Waals surface area contributed by atoms with E-state index in [0.29, 0.717) is 13.1 Å². The van der Waals surface area contributed by atoms with Gasteiger partial charge in [0.25, 0.3) is 0 Å². The van der Waals surface area contributed by atoms with Crippen LogP contribution < -0.4 is 5.73 Å². The molecule has 1 aliphatic rings. The molecule has 0 bridgehead atoms. The van der Waals surface area contributed by atoms with Gasteiger partial charge in [-0.05, 0) is 17.9 Å². The van der Waals surface area contributed by atoms with E-state index < -0.39 is 6.04 Å². The standard InChI is InChI=1S/C12H17N3O2S/c1-14-5-3-6-15(8-10(14)16)12(17)11(13)9-4-2-7-18-9/h2,4,7,11H,3,5-6,8,13H2,1H3. The molecule has 0 aromatic carbocycles. The van der Waals surface area contributed by atoms with Crippen LogP contribution in [-0.2, 0) is 9.59 Å². The molecule has 1 atom stereocenters. The third-order valence-electron chi connectivity index (χ3n) is 3.10. The molecule has 0 radical (unpaired) electrons. The van der Waals surface area contributed by atoms with Crippen molar-refractivity contribution in [2.45, 2.75) is 12.5 Å². The third kappa shape index (κ3) is 2.70. The topological polar surface area (TPSA) is 66.6 Å². The highest BCUT2D eigenvalue weighted by atomic mass is 32.1. The Bertz CT molecular complexity index is 433. The van der Waals surface area contributed by atoms with Crippen LogP contribution in [0.15, 0.2) is 17.5 Å². The number of nitrogens with zero attached hydrogens (tertiary/aromatic N) is 2. The molecule has 2 heterocycles. The fourth-order valence-electron chi connectivity index (χ4n) is 1.96. The van der Waals surface area contributed by atoms with Crippen molar-refractivity contribution in [2.75, 3.05) is 26.7 Å². The second-order valence-electron chi connectivity index (χ2n) is 4.42. The van der Waals surface area contributed by atoms with Crippen molar-refractivity contribution in [1.82, 2.24) is 9.80 Å². The van der Waals surface area contributed by atoms with Gasteiger partial charge in [-0.15, -0.1) is 11.3 Å². The van der Waals surface area contributed by atoms with Gasteiger partial charge in [-0.3, -0.25) is 9.59 Å². The summed E-state index contributed by atoms with van der Waals surface area (Å²) in [6.45, 7) is 1.42. The van der Waals surface area contributed by atoms with Crippen molar-refractivity contribution in [3.8, 4) is 0 Å². The summed E-state index contributed by atoms with van der Waals surface area (Å²) in [5.74, 6) is -0.194. The van der Waals surface area contributed by atoms with Gasteiger partial charge in [0.1, 0.15) is 6.04 Å². The first-order chi connectivity index (χ1) is 8.59. The van der Waals surface area contributed by atoms with E-state index in [1.54, 1.807) is 16.8 Å². The van der Waals surface area contributed by atoms with Crippen LogP contribution >= 0.6 is 11.3 Å². The zero-order valence-corrected chi connectivity index (χ0v) is 11.2. The summed E-state index contributed by atoms with van der Waals surface area (Å²) in [4.78, 5) is 28.0. The van der Waals surface area contributed by atoms with Crippen molar-refractivity contribution in [2.24, 2.45) is 5.73 Å². The predicted octanol–water partition coefficient (Wildman–Crippen LogP) is 0.439. The molecule has 98 valence electrons. The Morgan fingerprint density at radius 1 is 1.50 bits per heavy atom. The van der Waals surface area contributed by atoms with Gasteiger partial charge in [0, 0.05) is 25.0 Å². The maximum absolute atomic E-state index is 12.2. The first kappa shape index (κ1) is 13.0. The Labute approximate surface area is 110 Å². The van der Waals surface area contributed by atoms with Gasteiger partial charge in [0.2, 0.25) is 11.8 Å². The summed E-state index contributed by atoms with van der Waals surface area (Å²) in [5, 5.41) is 1.89. The van der Waals surface area contributed by atoms with E-state index in [2.05, 4.69) is 0 Å². The molecule has 0 saturated carbocycles. The zero-order valence-electron chi connectivity index (χ0n) is 10.3. The van der Waals surface area contributed by atoms with Crippen LogP contribution in [0, 0.1) is 0 Å². The van der Waals surface area contributed by atoms with E-state index in [-0.39, 0.29) is 18.4 Å². The monoisotopic (exact) mass is 267 g/mol. The fraction of sp³-hybridized carbons (Fsp3) is 0.500. The summed E-state index contributed by atoms with van der Waals surface area (Å²) in [7, 11) is 1.76. The number of thiophene rings is 1. The molecule has 0 aliphatic carbocycles. The maximum atomic E-state index is 12.2. The van der Waals surface area contributed by atoms with Gasteiger partial charge in [0.05, 0.1) is 6.54 Å². The SMILES string of the molecule is CN1CCCN(C(=O)C(N)c2cccs2)CC1=O. The number of hydrogen-bond acceptors (Lipinski definition) is 4. The molecular formula is C12H17N3O2S. The van der Waals surface area contributed by atoms with Crippen LogP contribution in [0.2, 0.25) is 0 Å². The molecule has 6 heteroatoms. The van der Waals surface area contributed by atoms with E-state index in [0.717, 1.165) is 11.3 Å². The van der Waals surface area contributed by atoms with Gasteiger partial charge in [-0.25, -0.2) is 0 Å². The van der Waals surface area contributed by atoms with Crippen molar-refractivity contribution in [3.05, 3.63) is 22.4 Å². The van der Waals surface area contributed by atoms with E-state index >= 15 is 0 Å². The third-order valence-corrected chi connectivity index (χ3v) is 4.06. The second kappa shape index (κ2) is 5.49. The lowest BCUT2D eigenvalue weighted by Gasteiger charge is -2.22. The van der Waals surface area contributed by atoms with Crippen molar-refractivity contribution < 1.29 is 9.59 Å². The lowest BCUT2D eigenvalue weighted by atomic mass is 10.2. The average molecular weight is 267 g/mol. The molecular weight excluding hydrogens is 250 g/mol. The lowest BCUT2D eigenvalue weighted by Crippen LogP contribution is -2.42. The van der Waals surface area contributed by atoms with E-state index in [4.69, 9.17) is 5.73 Å². The molecule has 5 nitrogen and oxygen atoms in total. The highest BCUT2D eigenvalue weighted by molar-refractivity contribution is 7.10. The fourth-order valence-corrected chi connectivity index (χ4v) is 2.68. The molecule has 1 aromatic heterocycles. The number of carbonyl (C=O) groups is 2. The first-order valence-electron chi connectivity index (χ1n) is 5.91. The summed E-state index contributed by atoms with van der Waals surface area (Å²) in [6, 6.07) is 3.06. The first-order valence-corrected chi connectivity index (χ1v) is 6.79. The van der Waals surface area contributed by atoms with Crippen LogP contribution in [0.1, 0.15) is 17.3 Å². The molecule has 18 heavy (non-hydrogen) atoms. The number of hydrogen-bond donors (Lipinski definition) is 1. The van der Waals surface area contributed by atoms with Crippen LogP contribution in [0.25, 0.3) is 0 Å². The zero-order chi connectivity index (χ0) is 13.1. The number of rotatable bonds is 2. The van der Waals surface area contributed by atoms with Crippen LogP contribution in [0.4, 0.5) is 0 Å². The largest absolute Gasteiger partial charge is 0.344 e. The Hall–Kier alpha value is -1.40. The summed E-state index contributed by atoms with van der Waals surface area (Å²) < 4.78 is 0. The normalized spacial score (nSPS) is 18.7.